The van der Waals surface area contributed by atoms with Gasteiger partial charge in [-0.05, 0) is 61.4 Å². The molecule has 154 valence electrons. The van der Waals surface area contributed by atoms with E-state index in [0.29, 0.717) is 5.69 Å². The van der Waals surface area contributed by atoms with Gasteiger partial charge in [-0.1, -0.05) is 0 Å². The van der Waals surface area contributed by atoms with Gasteiger partial charge in [-0.2, -0.15) is 15.3 Å². The van der Waals surface area contributed by atoms with Gasteiger partial charge in [0, 0.05) is 34.6 Å². The first-order valence-electron chi connectivity index (χ1n) is 10.5. The summed E-state index contributed by atoms with van der Waals surface area (Å²) in [6.45, 7) is 2.02. The second kappa shape index (κ2) is 6.87. The average molecular weight is 411 g/mol. The molecule has 0 amide bonds. The van der Waals surface area contributed by atoms with E-state index in [2.05, 4.69) is 30.6 Å². The zero-order valence-corrected chi connectivity index (χ0v) is 17.1. The molecule has 0 aliphatic heterocycles. The highest BCUT2D eigenvalue weighted by molar-refractivity contribution is 6.17. The molecule has 0 saturated carbocycles. The van der Waals surface area contributed by atoms with E-state index in [4.69, 9.17) is 4.98 Å². The number of nitrogens with zero attached hydrogens (tertiary/aromatic N) is 4. The van der Waals surface area contributed by atoms with Crippen LogP contribution in [0.25, 0.3) is 33.1 Å². The molecule has 1 aromatic carbocycles. The molecule has 0 saturated heterocycles. The van der Waals surface area contributed by atoms with Crippen molar-refractivity contribution in [3.8, 4) is 11.3 Å². The summed E-state index contributed by atoms with van der Waals surface area (Å²) in [7, 11) is 0. The molecule has 1 aliphatic carbocycles. The molecule has 8 nitrogen and oxygen atoms in total. The monoisotopic (exact) mass is 411 g/mol. The van der Waals surface area contributed by atoms with Crippen molar-refractivity contribution in [2.45, 2.75) is 39.0 Å². The number of fused-ring (bicyclic) bond motifs is 5. The number of hydrogen-bond donors (Lipinski definition) is 3. The van der Waals surface area contributed by atoms with E-state index in [9.17, 15) is 4.79 Å². The Hall–Kier alpha value is -3.81. The summed E-state index contributed by atoms with van der Waals surface area (Å²) in [5.74, 6) is -0.0283. The zero-order valence-electron chi connectivity index (χ0n) is 17.1. The van der Waals surface area contributed by atoms with Crippen LogP contribution in [0, 0.1) is 6.92 Å². The van der Waals surface area contributed by atoms with Crippen LogP contribution in [-0.4, -0.2) is 41.4 Å². The van der Waals surface area contributed by atoms with Gasteiger partial charge in [0.1, 0.15) is 5.69 Å². The van der Waals surface area contributed by atoms with Crippen LogP contribution in [0.2, 0.25) is 0 Å². The van der Waals surface area contributed by atoms with Gasteiger partial charge in [-0.3, -0.25) is 20.1 Å². The number of aryl methyl sites for hydroxylation is 2. The summed E-state index contributed by atoms with van der Waals surface area (Å²) >= 11 is 0. The lowest BCUT2D eigenvalue weighted by Gasteiger charge is -2.21. The van der Waals surface area contributed by atoms with Crippen LogP contribution in [0.4, 0.5) is 0 Å². The molecule has 6 rings (SSSR count). The minimum absolute atomic E-state index is 0.0283. The summed E-state index contributed by atoms with van der Waals surface area (Å²) < 4.78 is 0. The van der Waals surface area contributed by atoms with Crippen molar-refractivity contribution in [2.24, 2.45) is 0 Å². The van der Waals surface area contributed by atoms with Gasteiger partial charge in [0.2, 0.25) is 0 Å². The number of pyridine rings is 1. The second-order valence-corrected chi connectivity index (χ2v) is 8.19. The lowest BCUT2D eigenvalue weighted by molar-refractivity contribution is 0.0990. The maximum atomic E-state index is 13.1. The summed E-state index contributed by atoms with van der Waals surface area (Å²) in [5.41, 5.74) is 8.70. The van der Waals surface area contributed by atoms with Crippen LogP contribution < -0.4 is 0 Å². The number of Topliss-reactive ketones (excluding diaryl/α,β-unsaturated/α-hetero) is 1. The maximum absolute atomic E-state index is 13.1. The van der Waals surface area contributed by atoms with Crippen molar-refractivity contribution in [3.63, 3.8) is 0 Å². The molecular weight excluding hydrogens is 390 g/mol. The first-order valence-corrected chi connectivity index (χ1v) is 10.5. The summed E-state index contributed by atoms with van der Waals surface area (Å²) in [6.07, 6.45) is 9.74. The summed E-state index contributed by atoms with van der Waals surface area (Å²) in [6, 6.07) is 3.99. The van der Waals surface area contributed by atoms with E-state index in [0.717, 1.165) is 70.0 Å². The predicted molar refractivity (Wildman–Crippen MR) is 117 cm³/mol. The highest BCUT2D eigenvalue weighted by Gasteiger charge is 2.25. The van der Waals surface area contributed by atoms with Gasteiger partial charge in [0.05, 0.1) is 29.1 Å². The Balaban J connectivity index is 1.62. The van der Waals surface area contributed by atoms with E-state index in [1.165, 1.54) is 11.1 Å². The topological polar surface area (TPSA) is 116 Å². The summed E-state index contributed by atoms with van der Waals surface area (Å²) in [4.78, 5) is 18.2. The molecule has 8 heteroatoms. The molecule has 1 aliphatic rings. The average Bonchev–Trinajstić information content (AvgIpc) is 3.53. The Kier molecular flexibility index (Phi) is 3.99. The zero-order chi connectivity index (χ0) is 20.9. The minimum Gasteiger partial charge on any atom is -0.292 e. The Bertz CT molecular complexity index is 1440. The smallest absolute Gasteiger partial charge is 0.188 e. The van der Waals surface area contributed by atoms with E-state index >= 15 is 0 Å². The molecule has 0 bridgehead atoms. The maximum Gasteiger partial charge on any atom is 0.188 e. The van der Waals surface area contributed by atoms with Gasteiger partial charge >= 0.3 is 0 Å². The van der Waals surface area contributed by atoms with Crippen LogP contribution >= 0.6 is 0 Å². The number of carbonyl (C=O) groups is 1. The number of ketones is 1. The molecule has 5 aromatic rings. The quantitative estimate of drug-likeness (QED) is 0.389. The molecule has 0 unspecified atom stereocenters. The molecule has 0 radical (unpaired) electrons. The Morgan fingerprint density at radius 1 is 1.03 bits per heavy atom. The fourth-order valence-corrected chi connectivity index (χ4v) is 4.79. The fourth-order valence-electron chi connectivity index (χ4n) is 4.79. The number of benzene rings is 1. The molecule has 3 N–H and O–H groups in total. The van der Waals surface area contributed by atoms with Crippen molar-refractivity contribution in [2.75, 3.05) is 0 Å². The molecule has 0 fully saturated rings. The summed E-state index contributed by atoms with van der Waals surface area (Å²) in [5, 5.41) is 23.4. The minimum atomic E-state index is -0.0283. The van der Waals surface area contributed by atoms with Crippen molar-refractivity contribution in [3.05, 3.63) is 58.8 Å². The van der Waals surface area contributed by atoms with Crippen molar-refractivity contribution in [1.29, 1.82) is 0 Å². The van der Waals surface area contributed by atoms with Crippen LogP contribution in [0.3, 0.4) is 0 Å². The molecule has 0 atom stereocenters. The van der Waals surface area contributed by atoms with Gasteiger partial charge < -0.3 is 0 Å². The van der Waals surface area contributed by atoms with Gasteiger partial charge in [0.25, 0.3) is 0 Å². The number of aromatic amines is 3. The number of nitrogens with one attached hydrogen (secondary N) is 3. The third-order valence-corrected chi connectivity index (χ3v) is 6.26. The molecule has 0 spiro atoms. The van der Waals surface area contributed by atoms with Crippen molar-refractivity contribution in [1.82, 2.24) is 35.6 Å². The van der Waals surface area contributed by atoms with Crippen LogP contribution in [0.5, 0.6) is 0 Å². The highest BCUT2D eigenvalue weighted by Crippen LogP contribution is 2.39. The standard InChI is InChI=1S/C23H21N7O/c1-12-16(11-26-28-12)22-15-5-3-2-4-14(15)20-17(27-22)6-7-18-21(20)23(30-29-18)19(31)8-13-9-24-25-10-13/h6-7,9-11H,2-5,8H2,1H3,(H,24,25)(H,26,28)(H,29,30). The Labute approximate surface area is 177 Å². The number of rotatable bonds is 4. The molecule has 31 heavy (non-hydrogen) atoms. The number of hydrogen-bond acceptors (Lipinski definition) is 5. The number of H-pyrrole nitrogens is 3. The lowest BCUT2D eigenvalue weighted by atomic mass is 9.85. The van der Waals surface area contributed by atoms with Crippen LogP contribution in [0.15, 0.2) is 30.7 Å². The normalized spacial score (nSPS) is 13.7. The molecule has 4 aromatic heterocycles. The van der Waals surface area contributed by atoms with Crippen LogP contribution in [0.1, 0.15) is 45.7 Å². The van der Waals surface area contributed by atoms with Crippen molar-refractivity contribution < 1.29 is 4.79 Å². The number of aromatic nitrogens is 7. The van der Waals surface area contributed by atoms with E-state index in [1.807, 2.05) is 25.3 Å². The Morgan fingerprint density at radius 3 is 2.68 bits per heavy atom. The first kappa shape index (κ1) is 18.0. The molecule has 4 heterocycles. The Morgan fingerprint density at radius 2 is 1.90 bits per heavy atom. The van der Waals surface area contributed by atoms with E-state index in [-0.39, 0.29) is 12.2 Å². The fraction of sp³-hybridized carbons (Fsp3) is 0.261. The third-order valence-electron chi connectivity index (χ3n) is 6.26. The SMILES string of the molecule is Cc1[nH]ncc1-c1nc2ccc3[nH]nc(C(=O)Cc4cn[nH]c4)c3c2c2c1CCCC2. The predicted octanol–water partition coefficient (Wildman–Crippen LogP) is 3.84. The van der Waals surface area contributed by atoms with Gasteiger partial charge in [0.15, 0.2) is 5.78 Å². The van der Waals surface area contributed by atoms with Gasteiger partial charge in [-0.25, -0.2) is 4.98 Å². The first-order chi connectivity index (χ1) is 15.2. The largest absolute Gasteiger partial charge is 0.292 e. The van der Waals surface area contributed by atoms with Crippen molar-refractivity contribution >= 4 is 27.6 Å². The second-order valence-electron chi connectivity index (χ2n) is 8.19. The molecular formula is C23H21N7O. The van der Waals surface area contributed by atoms with E-state index in [1.54, 1.807) is 12.4 Å². The third kappa shape index (κ3) is 2.78. The van der Waals surface area contributed by atoms with E-state index < -0.39 is 0 Å². The van der Waals surface area contributed by atoms with Gasteiger partial charge in [-0.15, -0.1) is 0 Å². The van der Waals surface area contributed by atoms with Crippen LogP contribution in [-0.2, 0) is 19.3 Å². The lowest BCUT2D eigenvalue weighted by Crippen LogP contribution is -2.09. The number of carbonyl (C=O) groups excluding carboxylic acids is 1. The highest BCUT2D eigenvalue weighted by atomic mass is 16.1.